The van der Waals surface area contributed by atoms with E-state index in [1.165, 1.54) is 0 Å². The van der Waals surface area contributed by atoms with E-state index in [9.17, 15) is 4.79 Å². The number of benzene rings is 1. The van der Waals surface area contributed by atoms with Crippen molar-refractivity contribution in [2.45, 2.75) is 51.7 Å². The summed E-state index contributed by atoms with van der Waals surface area (Å²) < 4.78 is 5.98. The van der Waals surface area contributed by atoms with E-state index in [0.29, 0.717) is 16.5 Å². The van der Waals surface area contributed by atoms with Crippen LogP contribution in [-0.2, 0) is 16.0 Å². The first kappa shape index (κ1) is 15.8. The highest BCUT2D eigenvalue weighted by Crippen LogP contribution is 2.42. The summed E-state index contributed by atoms with van der Waals surface area (Å²) in [6, 6.07) is 5.25. The molecule has 0 bridgehead atoms. The zero-order valence-corrected chi connectivity index (χ0v) is 13.8. The van der Waals surface area contributed by atoms with Crippen molar-refractivity contribution in [3.8, 4) is 0 Å². The summed E-state index contributed by atoms with van der Waals surface area (Å²) in [4.78, 5) is 12.6. The van der Waals surface area contributed by atoms with Crippen molar-refractivity contribution in [1.29, 1.82) is 0 Å². The quantitative estimate of drug-likeness (QED) is 0.808. The molecule has 1 aromatic rings. The Morgan fingerprint density at radius 3 is 2.45 bits per heavy atom. The predicted molar refractivity (Wildman–Crippen MR) is 82.5 cm³/mol. The summed E-state index contributed by atoms with van der Waals surface area (Å²) >= 11 is 12.0. The number of hydrogen-bond acceptors (Lipinski definition) is 2. The fourth-order valence-corrected chi connectivity index (χ4v) is 3.52. The Morgan fingerprint density at radius 1 is 1.30 bits per heavy atom. The van der Waals surface area contributed by atoms with Gasteiger partial charge in [-0.2, -0.15) is 0 Å². The largest absolute Gasteiger partial charge is 0.369 e. The van der Waals surface area contributed by atoms with Crippen molar-refractivity contribution in [2.24, 2.45) is 5.92 Å². The molecule has 1 aliphatic heterocycles. The maximum Gasteiger partial charge on any atom is 0.143 e. The van der Waals surface area contributed by atoms with Gasteiger partial charge < -0.3 is 4.74 Å². The second-order valence-electron chi connectivity index (χ2n) is 6.60. The van der Waals surface area contributed by atoms with Gasteiger partial charge >= 0.3 is 0 Å². The zero-order valence-electron chi connectivity index (χ0n) is 12.3. The normalized spacial score (nSPS) is 23.8. The molecule has 0 N–H and O–H groups in total. The molecule has 2 nitrogen and oxygen atoms in total. The predicted octanol–water partition coefficient (Wildman–Crippen LogP) is 4.70. The van der Waals surface area contributed by atoms with Crippen LogP contribution in [0.5, 0.6) is 0 Å². The minimum atomic E-state index is -0.431. The van der Waals surface area contributed by atoms with Crippen LogP contribution in [0.2, 0.25) is 10.0 Å². The van der Waals surface area contributed by atoms with Crippen molar-refractivity contribution in [3.05, 3.63) is 33.8 Å². The van der Waals surface area contributed by atoms with E-state index >= 15 is 0 Å². The summed E-state index contributed by atoms with van der Waals surface area (Å²) in [5, 5.41) is 1.12. The van der Waals surface area contributed by atoms with Gasteiger partial charge in [-0.15, -0.1) is 0 Å². The fourth-order valence-electron chi connectivity index (χ4n) is 3.04. The molecule has 1 atom stereocenters. The summed E-state index contributed by atoms with van der Waals surface area (Å²) in [5.74, 6) is 0.0639. The molecule has 1 saturated heterocycles. The first-order valence-corrected chi connectivity index (χ1v) is 7.53. The minimum absolute atomic E-state index is 0.107. The van der Waals surface area contributed by atoms with Gasteiger partial charge in [0.1, 0.15) is 5.78 Å². The van der Waals surface area contributed by atoms with Crippen molar-refractivity contribution < 1.29 is 9.53 Å². The summed E-state index contributed by atoms with van der Waals surface area (Å²) in [6.45, 7) is 8.01. The average Bonchev–Trinajstić information content (AvgIpc) is 2.50. The molecular formula is C16H20Cl2O2. The monoisotopic (exact) mass is 314 g/mol. The number of carbonyl (C=O) groups excluding carboxylic acids is 1. The maximum absolute atomic E-state index is 12.6. The maximum atomic E-state index is 12.6. The molecule has 0 aliphatic carbocycles. The van der Waals surface area contributed by atoms with Gasteiger partial charge in [0.15, 0.2) is 0 Å². The number of ketones is 1. The molecule has 0 radical (unpaired) electrons. The van der Waals surface area contributed by atoms with E-state index < -0.39 is 5.60 Å². The molecule has 1 fully saturated rings. The topological polar surface area (TPSA) is 26.3 Å². The SMILES string of the molecule is CC1(C)CC(C(=O)Cc2ccc(Cl)cc2Cl)C(C)(C)O1. The van der Waals surface area contributed by atoms with E-state index in [-0.39, 0.29) is 17.3 Å². The molecular weight excluding hydrogens is 295 g/mol. The lowest BCUT2D eigenvalue weighted by molar-refractivity contribution is -0.128. The molecule has 1 heterocycles. The van der Waals surface area contributed by atoms with E-state index in [1.807, 2.05) is 33.8 Å². The lowest BCUT2D eigenvalue weighted by Gasteiger charge is -2.26. The Kier molecular flexibility index (Phi) is 4.21. The van der Waals surface area contributed by atoms with Crippen LogP contribution >= 0.6 is 23.2 Å². The Hall–Kier alpha value is -0.570. The van der Waals surface area contributed by atoms with Gasteiger partial charge in [-0.05, 0) is 51.8 Å². The van der Waals surface area contributed by atoms with Crippen LogP contribution in [0.4, 0.5) is 0 Å². The van der Waals surface area contributed by atoms with E-state index in [2.05, 4.69) is 0 Å². The minimum Gasteiger partial charge on any atom is -0.369 e. The van der Waals surface area contributed by atoms with Crippen LogP contribution < -0.4 is 0 Å². The Labute approximate surface area is 130 Å². The smallest absolute Gasteiger partial charge is 0.143 e. The van der Waals surface area contributed by atoms with Gasteiger partial charge in [0.25, 0.3) is 0 Å². The van der Waals surface area contributed by atoms with Crippen LogP contribution in [0.25, 0.3) is 0 Å². The molecule has 0 spiro atoms. The first-order valence-electron chi connectivity index (χ1n) is 6.77. The highest BCUT2D eigenvalue weighted by molar-refractivity contribution is 6.35. The van der Waals surface area contributed by atoms with Gasteiger partial charge in [0, 0.05) is 22.4 Å². The zero-order chi connectivity index (χ0) is 15.1. The van der Waals surface area contributed by atoms with Crippen LogP contribution in [0.3, 0.4) is 0 Å². The van der Waals surface area contributed by atoms with E-state index in [4.69, 9.17) is 27.9 Å². The van der Waals surface area contributed by atoms with Gasteiger partial charge in [0.2, 0.25) is 0 Å². The Balaban J connectivity index is 2.16. The summed E-state index contributed by atoms with van der Waals surface area (Å²) in [7, 11) is 0. The molecule has 2 rings (SSSR count). The molecule has 1 unspecified atom stereocenters. The molecule has 0 aromatic heterocycles. The van der Waals surface area contributed by atoms with Crippen molar-refractivity contribution >= 4 is 29.0 Å². The van der Waals surface area contributed by atoms with Crippen LogP contribution in [-0.4, -0.2) is 17.0 Å². The highest BCUT2D eigenvalue weighted by atomic mass is 35.5. The second-order valence-corrected chi connectivity index (χ2v) is 7.44. The number of rotatable bonds is 3. The van der Waals surface area contributed by atoms with Crippen LogP contribution in [0, 0.1) is 5.92 Å². The lowest BCUT2D eigenvalue weighted by Crippen LogP contribution is -2.34. The fraction of sp³-hybridized carbons (Fsp3) is 0.562. The van der Waals surface area contributed by atoms with E-state index in [0.717, 1.165) is 12.0 Å². The third-order valence-corrected chi connectivity index (χ3v) is 4.43. The average molecular weight is 315 g/mol. The Morgan fingerprint density at radius 2 is 1.95 bits per heavy atom. The van der Waals surface area contributed by atoms with Crippen LogP contribution in [0.1, 0.15) is 39.7 Å². The molecule has 1 aliphatic rings. The third kappa shape index (κ3) is 3.36. The number of halogens is 2. The molecule has 0 saturated carbocycles. The highest BCUT2D eigenvalue weighted by Gasteiger charge is 2.48. The van der Waals surface area contributed by atoms with Crippen LogP contribution in [0.15, 0.2) is 18.2 Å². The first-order chi connectivity index (χ1) is 9.11. The van der Waals surface area contributed by atoms with Gasteiger partial charge in [-0.1, -0.05) is 29.3 Å². The van der Waals surface area contributed by atoms with Crippen molar-refractivity contribution in [2.75, 3.05) is 0 Å². The van der Waals surface area contributed by atoms with Crippen molar-refractivity contribution in [1.82, 2.24) is 0 Å². The van der Waals surface area contributed by atoms with E-state index in [1.54, 1.807) is 12.1 Å². The number of Topliss-reactive ketones (excluding diaryl/α,β-unsaturated/α-hetero) is 1. The van der Waals surface area contributed by atoms with Gasteiger partial charge in [-0.3, -0.25) is 4.79 Å². The van der Waals surface area contributed by atoms with Gasteiger partial charge in [0.05, 0.1) is 11.2 Å². The summed E-state index contributed by atoms with van der Waals surface area (Å²) in [5.41, 5.74) is 0.134. The number of hydrogen-bond donors (Lipinski definition) is 0. The lowest BCUT2D eigenvalue weighted by atomic mass is 9.82. The molecule has 20 heavy (non-hydrogen) atoms. The van der Waals surface area contributed by atoms with Crippen molar-refractivity contribution in [3.63, 3.8) is 0 Å². The number of ether oxygens (including phenoxy) is 1. The number of carbonyl (C=O) groups is 1. The summed E-state index contributed by atoms with van der Waals surface area (Å²) in [6.07, 6.45) is 1.06. The molecule has 110 valence electrons. The molecule has 4 heteroatoms. The third-order valence-electron chi connectivity index (χ3n) is 3.84. The van der Waals surface area contributed by atoms with Gasteiger partial charge in [-0.25, -0.2) is 0 Å². The molecule has 0 amide bonds. The second kappa shape index (κ2) is 5.32. The standard InChI is InChI=1S/C16H20Cl2O2/c1-15(2)9-12(16(3,4)20-15)14(19)7-10-5-6-11(17)8-13(10)18/h5-6,8,12H,7,9H2,1-4H3. The Bertz CT molecular complexity index is 535. The molecule has 1 aromatic carbocycles.